The molecule has 0 aliphatic heterocycles. The maximum atomic E-state index is 11.7. The van der Waals surface area contributed by atoms with Crippen LogP contribution in [-0.2, 0) is 0 Å². The number of halogens is 2. The van der Waals surface area contributed by atoms with Crippen molar-refractivity contribution >= 4 is 17.3 Å². The Morgan fingerprint density at radius 1 is 1.46 bits per heavy atom. The Balaban J connectivity index is 2.59. The van der Waals surface area contributed by atoms with Crippen LogP contribution >= 0.6 is 11.6 Å². The molecule has 1 rings (SSSR count). The Morgan fingerprint density at radius 2 is 2.23 bits per heavy atom. The number of nitrogen functional groups attached to an aromatic ring is 1. The number of rotatable bonds is 4. The maximum Gasteiger partial charge on any atom is 0.143 e. The Labute approximate surface area is 81.4 Å². The van der Waals surface area contributed by atoms with Crippen molar-refractivity contribution in [2.75, 3.05) is 19.0 Å². The highest BCUT2D eigenvalue weighted by molar-refractivity contribution is 6.30. The van der Waals surface area contributed by atoms with E-state index in [0.29, 0.717) is 29.5 Å². The van der Waals surface area contributed by atoms with Gasteiger partial charge in [0, 0.05) is 17.5 Å². The second kappa shape index (κ2) is 4.92. The van der Waals surface area contributed by atoms with Gasteiger partial charge in [-0.2, -0.15) is 0 Å². The van der Waals surface area contributed by atoms with E-state index in [1.54, 1.807) is 18.2 Å². The van der Waals surface area contributed by atoms with E-state index in [1.807, 2.05) is 0 Å². The molecule has 0 heterocycles. The summed E-state index contributed by atoms with van der Waals surface area (Å²) in [6.45, 7) is -0.0679. The third-order valence-electron chi connectivity index (χ3n) is 1.51. The monoisotopic (exact) mass is 203 g/mol. The summed E-state index contributed by atoms with van der Waals surface area (Å²) in [4.78, 5) is 0. The summed E-state index contributed by atoms with van der Waals surface area (Å²) >= 11 is 5.72. The third kappa shape index (κ3) is 3.11. The average Bonchev–Trinajstić information content (AvgIpc) is 2.11. The van der Waals surface area contributed by atoms with Crippen LogP contribution in [0.15, 0.2) is 18.2 Å². The molecule has 0 saturated heterocycles. The van der Waals surface area contributed by atoms with Gasteiger partial charge in [-0.15, -0.1) is 0 Å². The van der Waals surface area contributed by atoms with Gasteiger partial charge in [-0.1, -0.05) is 11.6 Å². The number of nitrogens with two attached hydrogens (primary N) is 1. The molecule has 0 radical (unpaired) electrons. The molecule has 1 aromatic carbocycles. The molecule has 72 valence electrons. The highest BCUT2D eigenvalue weighted by atomic mass is 35.5. The number of hydrogen-bond donors (Lipinski definition) is 1. The lowest BCUT2D eigenvalue weighted by molar-refractivity contribution is 0.291. The third-order valence-corrected chi connectivity index (χ3v) is 1.75. The molecular formula is C9H11ClFNO. The normalized spacial score (nSPS) is 10.0. The Kier molecular flexibility index (Phi) is 3.83. The lowest BCUT2D eigenvalue weighted by atomic mass is 10.3. The van der Waals surface area contributed by atoms with E-state index < -0.39 is 0 Å². The van der Waals surface area contributed by atoms with Gasteiger partial charge in [0.05, 0.1) is 19.0 Å². The minimum atomic E-state index is -0.388. The molecular weight excluding hydrogens is 193 g/mol. The van der Waals surface area contributed by atoms with Crippen LogP contribution < -0.4 is 10.5 Å². The van der Waals surface area contributed by atoms with Gasteiger partial charge >= 0.3 is 0 Å². The molecule has 0 fully saturated rings. The van der Waals surface area contributed by atoms with Gasteiger partial charge in [0.1, 0.15) is 5.75 Å². The molecule has 1 aromatic rings. The zero-order valence-corrected chi connectivity index (χ0v) is 7.85. The highest BCUT2D eigenvalue weighted by Crippen LogP contribution is 2.25. The van der Waals surface area contributed by atoms with Crippen molar-refractivity contribution in [2.45, 2.75) is 6.42 Å². The zero-order chi connectivity index (χ0) is 9.68. The summed E-state index contributed by atoms with van der Waals surface area (Å²) in [5, 5.41) is 0.560. The van der Waals surface area contributed by atoms with Crippen LogP contribution in [0.1, 0.15) is 6.42 Å². The van der Waals surface area contributed by atoms with Crippen molar-refractivity contribution in [3.05, 3.63) is 23.2 Å². The van der Waals surface area contributed by atoms with E-state index >= 15 is 0 Å². The lowest BCUT2D eigenvalue weighted by Gasteiger charge is -2.07. The number of hydrogen-bond acceptors (Lipinski definition) is 2. The molecule has 0 spiro atoms. The van der Waals surface area contributed by atoms with Gasteiger partial charge in [0.25, 0.3) is 0 Å². The molecule has 13 heavy (non-hydrogen) atoms. The van der Waals surface area contributed by atoms with Crippen LogP contribution in [0.4, 0.5) is 10.1 Å². The average molecular weight is 204 g/mol. The second-order valence-electron chi connectivity index (χ2n) is 2.57. The van der Waals surface area contributed by atoms with Gasteiger partial charge in [-0.3, -0.25) is 4.39 Å². The van der Waals surface area contributed by atoms with Crippen LogP contribution in [0.25, 0.3) is 0 Å². The van der Waals surface area contributed by atoms with Crippen molar-refractivity contribution in [1.82, 2.24) is 0 Å². The summed E-state index contributed by atoms with van der Waals surface area (Å²) < 4.78 is 16.9. The first kappa shape index (κ1) is 10.1. The van der Waals surface area contributed by atoms with Gasteiger partial charge in [-0.05, 0) is 12.1 Å². The molecule has 2 nitrogen and oxygen atoms in total. The van der Waals surface area contributed by atoms with Gasteiger partial charge < -0.3 is 10.5 Å². The van der Waals surface area contributed by atoms with Crippen LogP contribution in [0, 0.1) is 0 Å². The number of benzene rings is 1. The predicted molar refractivity (Wildman–Crippen MR) is 52.0 cm³/mol. The summed E-state index contributed by atoms with van der Waals surface area (Å²) in [6.07, 6.45) is 0.367. The SMILES string of the molecule is Nc1ccc(Cl)cc1OCCCF. The molecule has 0 amide bonds. The minimum absolute atomic E-state index is 0.320. The molecule has 0 aromatic heterocycles. The zero-order valence-electron chi connectivity index (χ0n) is 7.09. The quantitative estimate of drug-likeness (QED) is 0.603. The first-order valence-corrected chi connectivity index (χ1v) is 4.35. The van der Waals surface area contributed by atoms with Crippen molar-refractivity contribution in [3.63, 3.8) is 0 Å². The van der Waals surface area contributed by atoms with E-state index in [0.717, 1.165) is 0 Å². The van der Waals surface area contributed by atoms with E-state index in [4.69, 9.17) is 22.1 Å². The van der Waals surface area contributed by atoms with E-state index in [2.05, 4.69) is 0 Å². The molecule has 2 N–H and O–H groups in total. The Morgan fingerprint density at radius 3 is 2.92 bits per heavy atom. The second-order valence-corrected chi connectivity index (χ2v) is 3.01. The maximum absolute atomic E-state index is 11.7. The largest absolute Gasteiger partial charge is 0.491 e. The summed E-state index contributed by atoms with van der Waals surface area (Å²) in [5.41, 5.74) is 6.11. The standard InChI is InChI=1S/C9H11ClFNO/c10-7-2-3-8(12)9(6-7)13-5-1-4-11/h2-3,6H,1,4-5,12H2. The van der Waals surface area contributed by atoms with Crippen molar-refractivity contribution in [2.24, 2.45) is 0 Å². The number of alkyl halides is 1. The van der Waals surface area contributed by atoms with E-state index in [1.165, 1.54) is 0 Å². The molecule has 0 unspecified atom stereocenters. The van der Waals surface area contributed by atoms with Gasteiger partial charge in [0.15, 0.2) is 0 Å². The number of ether oxygens (including phenoxy) is 1. The van der Waals surface area contributed by atoms with Crippen LogP contribution in [0.3, 0.4) is 0 Å². The van der Waals surface area contributed by atoms with E-state index in [-0.39, 0.29) is 6.67 Å². The van der Waals surface area contributed by atoms with Crippen molar-refractivity contribution < 1.29 is 9.13 Å². The fourth-order valence-electron chi connectivity index (χ4n) is 0.870. The summed E-state index contributed by atoms with van der Waals surface area (Å²) in [7, 11) is 0. The Bertz CT molecular complexity index is 280. The number of anilines is 1. The smallest absolute Gasteiger partial charge is 0.143 e. The lowest BCUT2D eigenvalue weighted by Crippen LogP contribution is -2.00. The van der Waals surface area contributed by atoms with Crippen LogP contribution in [0.5, 0.6) is 5.75 Å². The van der Waals surface area contributed by atoms with Crippen LogP contribution in [0.2, 0.25) is 5.02 Å². The van der Waals surface area contributed by atoms with Crippen LogP contribution in [-0.4, -0.2) is 13.3 Å². The first-order chi connectivity index (χ1) is 6.24. The molecule has 0 bridgehead atoms. The minimum Gasteiger partial charge on any atom is -0.491 e. The topological polar surface area (TPSA) is 35.2 Å². The Hall–Kier alpha value is -0.960. The molecule has 0 saturated carbocycles. The highest BCUT2D eigenvalue weighted by Gasteiger charge is 2.00. The van der Waals surface area contributed by atoms with Gasteiger partial charge in [0.2, 0.25) is 0 Å². The van der Waals surface area contributed by atoms with Crippen molar-refractivity contribution in [1.29, 1.82) is 0 Å². The fraction of sp³-hybridized carbons (Fsp3) is 0.333. The van der Waals surface area contributed by atoms with Crippen molar-refractivity contribution in [3.8, 4) is 5.75 Å². The molecule has 4 heteroatoms. The predicted octanol–water partition coefficient (Wildman–Crippen LogP) is 2.66. The fourth-order valence-corrected chi connectivity index (χ4v) is 1.03. The molecule has 0 aliphatic carbocycles. The van der Waals surface area contributed by atoms with E-state index in [9.17, 15) is 4.39 Å². The molecule has 0 aliphatic rings. The summed E-state index contributed by atoms with van der Waals surface area (Å²) in [6, 6.07) is 4.96. The van der Waals surface area contributed by atoms with Gasteiger partial charge in [-0.25, -0.2) is 0 Å². The first-order valence-electron chi connectivity index (χ1n) is 3.98. The molecule has 0 atom stereocenters. The summed E-state index contributed by atoms with van der Waals surface area (Å²) in [5.74, 6) is 0.515.